The zero-order chi connectivity index (χ0) is 12.4. The summed E-state index contributed by atoms with van der Waals surface area (Å²) in [7, 11) is 0. The maximum Gasteiger partial charge on any atom is 0.367 e. The first-order valence-electron chi connectivity index (χ1n) is 5.02. The van der Waals surface area contributed by atoms with Crippen molar-refractivity contribution in [2.24, 2.45) is 5.16 Å². The number of hydrogen-bond donors (Lipinski definition) is 2. The van der Waals surface area contributed by atoms with E-state index in [4.69, 9.17) is 5.11 Å². The van der Waals surface area contributed by atoms with Crippen LogP contribution in [-0.4, -0.2) is 21.9 Å². The fraction of sp³-hybridized carbons (Fsp3) is 0.167. The zero-order valence-corrected chi connectivity index (χ0v) is 9.17. The fourth-order valence-electron chi connectivity index (χ4n) is 1.51. The Labute approximate surface area is 97.6 Å². The van der Waals surface area contributed by atoms with Crippen molar-refractivity contribution >= 4 is 17.8 Å². The number of nitrogens with zero attached hydrogens (tertiary/aromatic N) is 1. The lowest BCUT2D eigenvalue weighted by Crippen LogP contribution is -2.01. The third kappa shape index (κ3) is 2.19. The lowest BCUT2D eigenvalue weighted by molar-refractivity contribution is -0.136. The SMILES string of the molecule is CC1=NOC(=O)/C1=C\c1ccc(O)c(CO)c1. The van der Waals surface area contributed by atoms with Crippen molar-refractivity contribution in [1.82, 2.24) is 0 Å². The topological polar surface area (TPSA) is 79.1 Å². The van der Waals surface area contributed by atoms with Crippen LogP contribution in [0, 0.1) is 0 Å². The molecule has 5 nitrogen and oxygen atoms in total. The number of carbonyl (C=O) groups excluding carboxylic acids is 1. The van der Waals surface area contributed by atoms with E-state index in [2.05, 4.69) is 9.99 Å². The molecule has 0 saturated heterocycles. The maximum absolute atomic E-state index is 11.3. The average molecular weight is 233 g/mol. The van der Waals surface area contributed by atoms with Crippen molar-refractivity contribution in [3.05, 3.63) is 34.9 Å². The maximum atomic E-state index is 11.3. The Kier molecular flexibility index (Phi) is 2.93. The highest BCUT2D eigenvalue weighted by molar-refractivity contribution is 6.24. The van der Waals surface area contributed by atoms with Crippen molar-refractivity contribution in [3.8, 4) is 5.75 Å². The standard InChI is InChI=1S/C12H11NO4/c1-7-10(12(16)17-13-7)5-8-2-3-11(15)9(4-8)6-14/h2-5,14-15H,6H2,1H3/b10-5-. The van der Waals surface area contributed by atoms with Crippen LogP contribution < -0.4 is 0 Å². The van der Waals surface area contributed by atoms with E-state index in [1.54, 1.807) is 25.1 Å². The van der Waals surface area contributed by atoms with Gasteiger partial charge in [-0.25, -0.2) is 4.79 Å². The monoisotopic (exact) mass is 233 g/mol. The van der Waals surface area contributed by atoms with Crippen LogP contribution in [0.4, 0.5) is 0 Å². The van der Waals surface area contributed by atoms with Gasteiger partial charge in [0.1, 0.15) is 5.75 Å². The number of rotatable bonds is 2. The second-order valence-corrected chi connectivity index (χ2v) is 3.66. The molecule has 0 fully saturated rings. The average Bonchev–Trinajstić information content (AvgIpc) is 2.63. The first-order valence-corrected chi connectivity index (χ1v) is 5.02. The summed E-state index contributed by atoms with van der Waals surface area (Å²) in [6.45, 7) is 1.41. The summed E-state index contributed by atoms with van der Waals surface area (Å²) < 4.78 is 0. The van der Waals surface area contributed by atoms with Crippen LogP contribution in [0.3, 0.4) is 0 Å². The van der Waals surface area contributed by atoms with Gasteiger partial charge in [-0.3, -0.25) is 0 Å². The van der Waals surface area contributed by atoms with Gasteiger partial charge < -0.3 is 15.1 Å². The van der Waals surface area contributed by atoms with Gasteiger partial charge in [0.15, 0.2) is 0 Å². The van der Waals surface area contributed by atoms with Crippen molar-refractivity contribution < 1.29 is 19.8 Å². The van der Waals surface area contributed by atoms with E-state index >= 15 is 0 Å². The molecule has 2 N–H and O–H groups in total. The molecule has 88 valence electrons. The van der Waals surface area contributed by atoms with Gasteiger partial charge in [0, 0.05) is 5.56 Å². The van der Waals surface area contributed by atoms with Gasteiger partial charge >= 0.3 is 5.97 Å². The Morgan fingerprint density at radius 2 is 2.24 bits per heavy atom. The molecule has 0 aliphatic carbocycles. The molecule has 5 heteroatoms. The molecule has 1 aliphatic rings. The first kappa shape index (κ1) is 11.3. The van der Waals surface area contributed by atoms with Crippen molar-refractivity contribution in [2.75, 3.05) is 0 Å². The van der Waals surface area contributed by atoms with Crippen LogP contribution >= 0.6 is 0 Å². The molecule has 0 saturated carbocycles. The highest BCUT2D eigenvalue weighted by Crippen LogP contribution is 2.21. The second kappa shape index (κ2) is 4.39. The van der Waals surface area contributed by atoms with Gasteiger partial charge in [-0.1, -0.05) is 11.2 Å². The molecule has 0 aromatic heterocycles. The largest absolute Gasteiger partial charge is 0.508 e. The molecule has 1 heterocycles. The molecule has 17 heavy (non-hydrogen) atoms. The minimum absolute atomic E-state index is 0.0223. The van der Waals surface area contributed by atoms with Gasteiger partial charge in [-0.15, -0.1) is 0 Å². The quantitative estimate of drug-likeness (QED) is 0.594. The van der Waals surface area contributed by atoms with Crippen LogP contribution in [0.1, 0.15) is 18.1 Å². The molecule has 0 amide bonds. The highest BCUT2D eigenvalue weighted by atomic mass is 16.7. The number of aliphatic hydroxyl groups excluding tert-OH is 1. The summed E-state index contributed by atoms with van der Waals surface area (Å²) in [5.41, 5.74) is 1.98. The molecule has 1 aliphatic heterocycles. The van der Waals surface area contributed by atoms with Crippen molar-refractivity contribution in [2.45, 2.75) is 13.5 Å². The number of hydrogen-bond acceptors (Lipinski definition) is 5. The molecule has 1 aromatic rings. The van der Waals surface area contributed by atoms with Gasteiger partial charge in [0.2, 0.25) is 0 Å². The molecule has 1 aromatic carbocycles. The third-order valence-corrected chi connectivity index (χ3v) is 2.46. The summed E-state index contributed by atoms with van der Waals surface area (Å²) in [6.07, 6.45) is 1.60. The first-order chi connectivity index (χ1) is 8.11. The van der Waals surface area contributed by atoms with E-state index in [0.717, 1.165) is 0 Å². The Bertz CT molecular complexity index is 531. The van der Waals surface area contributed by atoms with Gasteiger partial charge in [0.25, 0.3) is 0 Å². The molecule has 0 bridgehead atoms. The molecule has 0 spiro atoms. The molecule has 0 radical (unpaired) electrons. The fourth-order valence-corrected chi connectivity index (χ4v) is 1.51. The van der Waals surface area contributed by atoms with E-state index < -0.39 is 5.97 Å². The van der Waals surface area contributed by atoms with E-state index in [1.807, 2.05) is 0 Å². The van der Waals surface area contributed by atoms with E-state index in [0.29, 0.717) is 22.4 Å². The Morgan fingerprint density at radius 3 is 2.82 bits per heavy atom. The predicted molar refractivity (Wildman–Crippen MR) is 61.2 cm³/mol. The lowest BCUT2D eigenvalue weighted by atomic mass is 10.1. The number of aromatic hydroxyl groups is 1. The summed E-state index contributed by atoms with van der Waals surface area (Å²) in [6, 6.07) is 4.70. The number of benzene rings is 1. The minimum atomic E-state index is -0.499. The Balaban J connectivity index is 2.39. The van der Waals surface area contributed by atoms with E-state index in [9.17, 15) is 9.90 Å². The molecule has 2 rings (SSSR count). The summed E-state index contributed by atoms with van der Waals surface area (Å²) in [4.78, 5) is 15.8. The van der Waals surface area contributed by atoms with E-state index in [1.165, 1.54) is 6.07 Å². The zero-order valence-electron chi connectivity index (χ0n) is 9.17. The summed E-state index contributed by atoms with van der Waals surface area (Å²) in [5, 5.41) is 22.0. The smallest absolute Gasteiger partial charge is 0.367 e. The normalized spacial score (nSPS) is 17.2. The molecular weight excluding hydrogens is 222 g/mol. The molecule has 0 atom stereocenters. The summed E-state index contributed by atoms with van der Waals surface area (Å²) in [5.74, 6) is -0.477. The number of oxime groups is 1. The van der Waals surface area contributed by atoms with Crippen LogP contribution in [0.2, 0.25) is 0 Å². The van der Waals surface area contributed by atoms with Crippen molar-refractivity contribution in [3.63, 3.8) is 0 Å². The number of aliphatic hydroxyl groups is 1. The Morgan fingerprint density at radius 1 is 1.47 bits per heavy atom. The van der Waals surface area contributed by atoms with Gasteiger partial charge in [-0.05, 0) is 30.7 Å². The highest BCUT2D eigenvalue weighted by Gasteiger charge is 2.21. The lowest BCUT2D eigenvalue weighted by Gasteiger charge is -2.02. The predicted octanol–water partition coefficient (Wildman–Crippen LogP) is 1.20. The summed E-state index contributed by atoms with van der Waals surface area (Å²) >= 11 is 0. The van der Waals surface area contributed by atoms with E-state index in [-0.39, 0.29) is 12.4 Å². The van der Waals surface area contributed by atoms with Crippen LogP contribution in [0.25, 0.3) is 6.08 Å². The van der Waals surface area contributed by atoms with Gasteiger partial charge in [-0.2, -0.15) is 0 Å². The van der Waals surface area contributed by atoms with Crippen molar-refractivity contribution in [1.29, 1.82) is 0 Å². The second-order valence-electron chi connectivity index (χ2n) is 3.66. The molecular formula is C12H11NO4. The Hall–Kier alpha value is -2.14. The van der Waals surface area contributed by atoms with Crippen LogP contribution in [0.15, 0.2) is 28.9 Å². The number of phenols is 1. The van der Waals surface area contributed by atoms with Crippen LogP contribution in [-0.2, 0) is 16.2 Å². The minimum Gasteiger partial charge on any atom is -0.508 e. The third-order valence-electron chi connectivity index (χ3n) is 2.46. The number of carbonyl (C=O) groups is 1. The van der Waals surface area contributed by atoms with Gasteiger partial charge in [0.05, 0.1) is 17.9 Å². The van der Waals surface area contributed by atoms with Crippen LogP contribution in [0.5, 0.6) is 5.75 Å². The molecule has 0 unspecified atom stereocenters.